The molecule has 0 bridgehead atoms. The van der Waals surface area contributed by atoms with Crippen molar-refractivity contribution in [3.8, 4) is 17.0 Å². The zero-order chi connectivity index (χ0) is 49.8. The molecule has 18 heteroatoms. The first-order valence-corrected chi connectivity index (χ1v) is 25.6. The number of anilines is 7. The fourth-order valence-corrected chi connectivity index (χ4v) is 12.1. The van der Waals surface area contributed by atoms with E-state index >= 15 is 0 Å². The number of rotatable bonds is 11. The van der Waals surface area contributed by atoms with Crippen LogP contribution in [0.5, 0.6) is 5.75 Å². The summed E-state index contributed by atoms with van der Waals surface area (Å²) in [6, 6.07) is 12.4. The van der Waals surface area contributed by atoms with Crippen LogP contribution in [0.25, 0.3) is 11.3 Å². The predicted molar refractivity (Wildman–Crippen MR) is 279 cm³/mol. The summed E-state index contributed by atoms with van der Waals surface area (Å²) in [5.41, 5.74) is 7.37. The smallest absolute Gasteiger partial charge is 0.293 e. The van der Waals surface area contributed by atoms with Gasteiger partial charge < -0.3 is 49.5 Å². The summed E-state index contributed by atoms with van der Waals surface area (Å²) in [4.78, 5) is 64.0. The standard InChI is InChI=1S/C54H66N12O6/c1-6-48(68)58-41-24-36(57-50-53(70)61(5)30-42(59-50)39-9-14-55-51(40(39)31-67)66-20-19-65-45(52(66)69)23-35-26-54(3,4)27-46(35)65)7-8-44(41)64-18-17-63(29-33(64)2)37-10-15-62(16-11-37)38-25-47-49(56-28-38)60-43(32-72-47)34-12-21-71-22-13-34/h6-9,14,23-25,28,30,33-34,37,43,67H,1,10-13,15-22,26-27,29,31-32H2,2-5H3,(H,56,60)(H,57,59)(H,58,68)/t33-,43+/m0/s1. The second-order valence-electron chi connectivity index (χ2n) is 21.2. The van der Waals surface area contributed by atoms with E-state index in [0.29, 0.717) is 71.4 Å². The lowest BCUT2D eigenvalue weighted by molar-refractivity contribution is -0.111. The number of hydrogen-bond donors (Lipinski definition) is 4. The SMILES string of the molecule is C=CC(=O)Nc1cc(Nc2nc(-c3ccnc(N4CCn5c(cc6c5CC(C)(C)C6)C4=O)c3CO)cn(C)c2=O)ccc1N1CCN(C2CCN(c3cnc4c(c3)OC[C@H](C3CCOCC3)N4)CC2)C[C@@H]1C. The number of carbonyl (C=O) groups excluding carboxylic acids is 2. The first kappa shape index (κ1) is 47.6. The van der Waals surface area contributed by atoms with Crippen molar-refractivity contribution in [1.82, 2.24) is 29.0 Å². The molecule has 3 saturated heterocycles. The Bertz CT molecular complexity index is 2970. The lowest BCUT2D eigenvalue weighted by Gasteiger charge is -2.47. The van der Waals surface area contributed by atoms with Gasteiger partial charge in [0.15, 0.2) is 17.4 Å². The quantitative estimate of drug-likeness (QED) is 0.114. The number of piperidine rings is 1. The summed E-state index contributed by atoms with van der Waals surface area (Å²) in [6.45, 7) is 17.7. The summed E-state index contributed by atoms with van der Waals surface area (Å²) in [7, 11) is 1.65. The minimum atomic E-state index is -0.402. The summed E-state index contributed by atoms with van der Waals surface area (Å²) in [6.07, 6.45) is 12.5. The molecule has 2 atom stereocenters. The van der Waals surface area contributed by atoms with E-state index in [1.54, 1.807) is 30.4 Å². The van der Waals surface area contributed by atoms with Crippen LogP contribution in [-0.4, -0.2) is 123 Å². The van der Waals surface area contributed by atoms with E-state index in [4.69, 9.17) is 19.4 Å². The molecule has 2 amide bonds. The fourth-order valence-electron chi connectivity index (χ4n) is 12.1. The molecular formula is C54H66N12O6. The van der Waals surface area contributed by atoms with E-state index in [9.17, 15) is 19.5 Å². The number of aliphatic hydroxyl groups is 1. The Labute approximate surface area is 420 Å². The maximum Gasteiger partial charge on any atom is 0.293 e. The van der Waals surface area contributed by atoms with Gasteiger partial charge in [0.25, 0.3) is 11.5 Å². The molecule has 9 heterocycles. The molecule has 4 aromatic heterocycles. The van der Waals surface area contributed by atoms with E-state index in [1.165, 1.54) is 21.9 Å². The Hall–Kier alpha value is -6.76. The van der Waals surface area contributed by atoms with Crippen LogP contribution in [0, 0.1) is 11.3 Å². The van der Waals surface area contributed by atoms with Crippen LogP contribution in [-0.2, 0) is 42.6 Å². The number of aromatic nitrogens is 5. The van der Waals surface area contributed by atoms with Crippen LogP contribution in [0.3, 0.4) is 0 Å². The number of nitrogens with zero attached hydrogens (tertiary/aromatic N) is 9. The molecule has 0 spiro atoms. The third-order valence-corrected chi connectivity index (χ3v) is 15.8. The topological polar surface area (TPSA) is 187 Å². The van der Waals surface area contributed by atoms with Crippen molar-refractivity contribution in [2.45, 2.75) is 90.6 Å². The largest absolute Gasteiger partial charge is 0.487 e. The maximum absolute atomic E-state index is 14.1. The molecule has 0 unspecified atom stereocenters. The zero-order valence-corrected chi connectivity index (χ0v) is 41.8. The van der Waals surface area contributed by atoms with Crippen LogP contribution >= 0.6 is 0 Å². The summed E-state index contributed by atoms with van der Waals surface area (Å²) in [5, 5.41) is 20.8. The van der Waals surface area contributed by atoms with E-state index in [1.807, 2.05) is 30.5 Å². The van der Waals surface area contributed by atoms with Crippen molar-refractivity contribution in [2.24, 2.45) is 18.4 Å². The van der Waals surface area contributed by atoms with Crippen LogP contribution in [0.1, 0.15) is 73.8 Å². The third kappa shape index (κ3) is 9.08. The Morgan fingerprint density at radius 1 is 1.00 bits per heavy atom. The minimum absolute atomic E-state index is 0.0517. The molecule has 378 valence electrons. The van der Waals surface area contributed by atoms with Crippen molar-refractivity contribution in [3.05, 3.63) is 101 Å². The fraction of sp³-hybridized carbons (Fsp3) is 0.481. The molecule has 5 aromatic rings. The van der Waals surface area contributed by atoms with Gasteiger partial charge in [-0.25, -0.2) is 15.0 Å². The molecule has 72 heavy (non-hydrogen) atoms. The normalized spacial score (nSPS) is 21.3. The van der Waals surface area contributed by atoms with Crippen molar-refractivity contribution in [2.75, 3.05) is 89.7 Å². The number of pyridine rings is 2. The van der Waals surface area contributed by atoms with E-state index in [2.05, 4.69) is 73.6 Å². The number of benzene rings is 1. The molecule has 18 nitrogen and oxygen atoms in total. The number of aliphatic hydroxyl groups excluding tert-OH is 1. The van der Waals surface area contributed by atoms with Crippen molar-refractivity contribution in [1.29, 1.82) is 0 Å². The Morgan fingerprint density at radius 3 is 2.60 bits per heavy atom. The number of hydrogen-bond acceptors (Lipinski definition) is 14. The van der Waals surface area contributed by atoms with Gasteiger partial charge in [-0.2, -0.15) is 0 Å². The van der Waals surface area contributed by atoms with Gasteiger partial charge in [0.05, 0.1) is 41.6 Å². The van der Waals surface area contributed by atoms with Gasteiger partial charge in [-0.1, -0.05) is 20.4 Å². The molecule has 0 saturated carbocycles. The van der Waals surface area contributed by atoms with Gasteiger partial charge in [0, 0.05) is 119 Å². The van der Waals surface area contributed by atoms with Gasteiger partial charge in [0.1, 0.15) is 18.1 Å². The van der Waals surface area contributed by atoms with Crippen LogP contribution in [0.2, 0.25) is 0 Å². The zero-order valence-electron chi connectivity index (χ0n) is 41.8. The number of amides is 2. The number of carbonyl (C=O) groups is 2. The van der Waals surface area contributed by atoms with E-state index in [-0.39, 0.29) is 40.7 Å². The predicted octanol–water partition coefficient (Wildman–Crippen LogP) is 5.96. The average molecular weight is 979 g/mol. The van der Waals surface area contributed by atoms with Gasteiger partial charge in [-0.05, 0) is 98.8 Å². The van der Waals surface area contributed by atoms with Crippen LogP contribution < -0.4 is 40.9 Å². The first-order valence-electron chi connectivity index (χ1n) is 25.6. The Morgan fingerprint density at radius 2 is 1.82 bits per heavy atom. The Kier molecular flexibility index (Phi) is 12.8. The van der Waals surface area contributed by atoms with Gasteiger partial charge in [-0.15, -0.1) is 0 Å². The molecule has 1 aromatic carbocycles. The third-order valence-electron chi connectivity index (χ3n) is 15.8. The monoisotopic (exact) mass is 979 g/mol. The lowest BCUT2D eigenvalue weighted by Crippen LogP contribution is -2.57. The summed E-state index contributed by atoms with van der Waals surface area (Å²) < 4.78 is 15.4. The minimum Gasteiger partial charge on any atom is -0.487 e. The lowest BCUT2D eigenvalue weighted by atomic mass is 9.90. The highest BCUT2D eigenvalue weighted by atomic mass is 16.5. The second kappa shape index (κ2) is 19.3. The number of fused-ring (bicyclic) bond motifs is 4. The number of aryl methyl sites for hydroxylation is 1. The Balaban J connectivity index is 0.763. The second-order valence-corrected chi connectivity index (χ2v) is 21.2. The molecule has 11 rings (SSSR count). The van der Waals surface area contributed by atoms with E-state index < -0.39 is 6.61 Å². The average Bonchev–Trinajstić information content (AvgIpc) is 3.89. The number of piperazine rings is 1. The van der Waals surface area contributed by atoms with Crippen molar-refractivity contribution < 1.29 is 24.2 Å². The van der Waals surface area contributed by atoms with Gasteiger partial charge >= 0.3 is 0 Å². The van der Waals surface area contributed by atoms with Crippen molar-refractivity contribution in [3.63, 3.8) is 0 Å². The van der Waals surface area contributed by atoms with Crippen LogP contribution in [0.4, 0.5) is 40.2 Å². The highest BCUT2D eigenvalue weighted by molar-refractivity contribution is 6.06. The van der Waals surface area contributed by atoms with Gasteiger partial charge in [-0.3, -0.25) is 24.2 Å². The molecule has 1 aliphatic carbocycles. The van der Waals surface area contributed by atoms with Crippen LogP contribution in [0.15, 0.2) is 72.4 Å². The highest BCUT2D eigenvalue weighted by Gasteiger charge is 2.38. The molecule has 6 aliphatic rings. The molecule has 3 fully saturated rings. The molecule has 4 N–H and O–H groups in total. The molecular weight excluding hydrogens is 913 g/mol. The summed E-state index contributed by atoms with van der Waals surface area (Å²) in [5.74, 6) is 2.10. The molecule has 0 radical (unpaired) electrons. The summed E-state index contributed by atoms with van der Waals surface area (Å²) >= 11 is 0. The van der Waals surface area contributed by atoms with Gasteiger partial charge in [0.2, 0.25) is 5.91 Å². The first-order chi connectivity index (χ1) is 34.8. The van der Waals surface area contributed by atoms with Crippen molar-refractivity contribution >= 4 is 52.0 Å². The highest BCUT2D eigenvalue weighted by Crippen LogP contribution is 2.41. The maximum atomic E-state index is 14.1. The number of nitrogens with one attached hydrogen (secondary N) is 3. The van der Waals surface area contributed by atoms with E-state index in [0.717, 1.165) is 107 Å². The number of ether oxygens (including phenoxy) is 2. The molecule has 5 aliphatic heterocycles.